The Hall–Kier alpha value is 0.123. The van der Waals surface area contributed by atoms with Crippen LogP contribution in [-0.2, 0) is 52.8 Å². The Kier molecular flexibility index (Phi) is 10.5. The van der Waals surface area contributed by atoms with Gasteiger partial charge in [0, 0.05) is 58.5 Å². The van der Waals surface area contributed by atoms with Gasteiger partial charge in [0.15, 0.2) is 0 Å². The van der Waals surface area contributed by atoms with Crippen molar-refractivity contribution >= 4 is 0 Å². The summed E-state index contributed by atoms with van der Waals surface area (Å²) in [7, 11) is 0. The van der Waals surface area contributed by atoms with Crippen LogP contribution in [0.1, 0.15) is 44.6 Å². The minimum Gasteiger partial charge on any atom is -0.358 e. The van der Waals surface area contributed by atoms with Gasteiger partial charge < -0.3 is 12.4 Å². The number of aromatic nitrogens is 1. The molecule has 1 heterocycles. The molecule has 1 aromatic carbocycles. The molecule has 2 aromatic rings. The summed E-state index contributed by atoms with van der Waals surface area (Å²) in [5, 5.41) is 0. The molecule has 0 aliphatic carbocycles. The van der Waals surface area contributed by atoms with Crippen molar-refractivity contribution in [1.29, 1.82) is 0 Å². The van der Waals surface area contributed by atoms with Crippen molar-refractivity contribution in [1.82, 2.24) is 4.98 Å². The van der Waals surface area contributed by atoms with Crippen molar-refractivity contribution in [2.45, 2.75) is 55.4 Å². The molecule has 1 nitrogen and oxygen atoms in total. The summed E-state index contributed by atoms with van der Waals surface area (Å²) in [5.74, 6) is 0. The van der Waals surface area contributed by atoms with Crippen molar-refractivity contribution in [3.8, 4) is 11.3 Å². The van der Waals surface area contributed by atoms with Gasteiger partial charge in [-0.3, -0.25) is 0 Å². The van der Waals surface area contributed by atoms with Crippen molar-refractivity contribution in [2.24, 2.45) is 0 Å². The Balaban J connectivity index is 0. The third kappa shape index (κ3) is 4.60. The molecular weight excluding hydrogens is 535 g/mol. The van der Waals surface area contributed by atoms with E-state index in [9.17, 15) is 0 Å². The third-order valence-corrected chi connectivity index (χ3v) is 4.91. The zero-order valence-electron chi connectivity index (χ0n) is 15.9. The zero-order valence-corrected chi connectivity index (χ0v) is 21.1. The van der Waals surface area contributed by atoms with Gasteiger partial charge in [0.2, 0.25) is 0 Å². The van der Waals surface area contributed by atoms with Crippen molar-refractivity contribution in [3.63, 3.8) is 0 Å². The molecule has 2 rings (SSSR count). The van der Waals surface area contributed by atoms with E-state index in [1.165, 1.54) is 38.9 Å². The van der Waals surface area contributed by atoms with Gasteiger partial charge in [0.25, 0.3) is 0 Å². The van der Waals surface area contributed by atoms with Crippen LogP contribution in [0.25, 0.3) is 11.3 Å². The van der Waals surface area contributed by atoms with Gasteiger partial charge in [-0.15, -0.1) is 33.9 Å². The molecule has 0 fully saturated rings. The van der Waals surface area contributed by atoms with Crippen molar-refractivity contribution in [3.05, 3.63) is 58.1 Å². The molecule has 2 radical (unpaired) electrons. The molecule has 23 heavy (non-hydrogen) atoms. The fourth-order valence-electron chi connectivity index (χ4n) is 2.67. The predicted octanol–water partition coefficient (Wildman–Crippen LogP) is 5.46. The maximum absolute atomic E-state index is 4.84. The molecule has 0 amide bonds. The first-order chi connectivity index (χ1) is 9.25. The largest absolute Gasteiger partial charge is 0.358 e. The van der Waals surface area contributed by atoms with E-state index >= 15 is 0 Å². The standard InChI is InChI=1S/C19H24N.CH3.Ir.Y/c1-10-9-18(15(6)12(3)11(10)2)19-16(7)13(4)14(5)17(8)20-19;;;/h1-8H3;1H3;;/q2*-1;;. The van der Waals surface area contributed by atoms with Crippen LogP contribution in [0.3, 0.4) is 0 Å². The minimum absolute atomic E-state index is 0. The first kappa shape index (κ1) is 25.4. The molecule has 0 unspecified atom stereocenters. The SMILES string of the molecule is Cc1[c-]c(-c2nc(C)c(C)c(C)c2C)c(C)c(C)c1C.[CH3-].[Ir].[Y]. The van der Waals surface area contributed by atoms with Crippen LogP contribution in [0.2, 0.25) is 0 Å². The number of pyridine rings is 1. The van der Waals surface area contributed by atoms with E-state index in [4.69, 9.17) is 4.98 Å². The van der Waals surface area contributed by atoms with E-state index in [1.54, 1.807) is 0 Å². The predicted molar refractivity (Wildman–Crippen MR) is 92.8 cm³/mol. The number of hydrogen-bond acceptors (Lipinski definition) is 1. The van der Waals surface area contributed by atoms with Gasteiger partial charge in [0.1, 0.15) is 0 Å². The van der Waals surface area contributed by atoms with Crippen LogP contribution in [-0.4, -0.2) is 4.98 Å². The second-order valence-corrected chi connectivity index (χ2v) is 5.92. The van der Waals surface area contributed by atoms with Crippen molar-refractivity contribution < 1.29 is 52.8 Å². The summed E-state index contributed by atoms with van der Waals surface area (Å²) in [5.41, 5.74) is 12.5. The Morgan fingerprint density at radius 2 is 1.13 bits per heavy atom. The second kappa shape index (κ2) is 9.57. The van der Waals surface area contributed by atoms with Gasteiger partial charge in [-0.2, -0.15) is 0 Å². The topological polar surface area (TPSA) is 12.9 Å². The van der Waals surface area contributed by atoms with Crippen LogP contribution in [0, 0.1) is 68.9 Å². The second-order valence-electron chi connectivity index (χ2n) is 5.92. The molecule has 0 spiro atoms. The zero-order chi connectivity index (χ0) is 15.2. The molecule has 1 aromatic heterocycles. The summed E-state index contributed by atoms with van der Waals surface area (Å²) in [6.07, 6.45) is 0. The van der Waals surface area contributed by atoms with E-state index in [2.05, 4.69) is 61.5 Å². The van der Waals surface area contributed by atoms with Gasteiger partial charge in [-0.05, 0) is 39.0 Å². The van der Waals surface area contributed by atoms with Crippen LogP contribution in [0.15, 0.2) is 0 Å². The maximum Gasteiger partial charge on any atom is 0.0298 e. The summed E-state index contributed by atoms with van der Waals surface area (Å²) in [4.78, 5) is 4.84. The fraction of sp³-hybridized carbons (Fsp3) is 0.400. The number of benzene rings is 1. The number of nitrogens with zero attached hydrogens (tertiary/aromatic N) is 1. The molecule has 0 saturated heterocycles. The molecular formula is C20H27IrNY-2. The molecule has 126 valence electrons. The Labute approximate surface area is 181 Å². The quantitative estimate of drug-likeness (QED) is 0.421. The molecule has 3 heteroatoms. The van der Waals surface area contributed by atoms with Crippen LogP contribution in [0.4, 0.5) is 0 Å². The first-order valence-electron chi connectivity index (χ1n) is 7.20. The fourth-order valence-corrected chi connectivity index (χ4v) is 2.67. The molecule has 0 atom stereocenters. The summed E-state index contributed by atoms with van der Waals surface area (Å²) in [6.45, 7) is 17.3. The minimum atomic E-state index is 0. The molecule has 0 bridgehead atoms. The molecule has 0 aliphatic rings. The smallest absolute Gasteiger partial charge is 0.0298 e. The average Bonchev–Trinajstić information content (AvgIpc) is 2.42. The van der Waals surface area contributed by atoms with Crippen LogP contribution < -0.4 is 0 Å². The third-order valence-electron chi connectivity index (χ3n) is 4.91. The maximum atomic E-state index is 4.84. The molecule has 0 saturated carbocycles. The van der Waals surface area contributed by atoms with Gasteiger partial charge >= 0.3 is 0 Å². The monoisotopic (exact) mass is 563 g/mol. The number of hydrogen-bond donors (Lipinski definition) is 0. The van der Waals surface area contributed by atoms with E-state index in [-0.39, 0.29) is 60.2 Å². The van der Waals surface area contributed by atoms with E-state index in [0.717, 1.165) is 17.0 Å². The molecule has 0 N–H and O–H groups in total. The van der Waals surface area contributed by atoms with Crippen molar-refractivity contribution in [2.75, 3.05) is 0 Å². The Bertz CT molecular complexity index is 644. The average molecular weight is 563 g/mol. The van der Waals surface area contributed by atoms with E-state index in [0.29, 0.717) is 0 Å². The van der Waals surface area contributed by atoms with Crippen LogP contribution in [0.5, 0.6) is 0 Å². The van der Waals surface area contributed by atoms with Crippen LogP contribution >= 0.6 is 0 Å². The number of rotatable bonds is 1. The van der Waals surface area contributed by atoms with Gasteiger partial charge in [-0.25, -0.2) is 0 Å². The Morgan fingerprint density at radius 3 is 1.65 bits per heavy atom. The van der Waals surface area contributed by atoms with E-state index in [1.807, 2.05) is 0 Å². The summed E-state index contributed by atoms with van der Waals surface area (Å²) in [6, 6.07) is 3.55. The number of aryl methyl sites for hydroxylation is 2. The van der Waals surface area contributed by atoms with Gasteiger partial charge in [0.05, 0.1) is 0 Å². The summed E-state index contributed by atoms with van der Waals surface area (Å²) < 4.78 is 0. The molecule has 0 aliphatic heterocycles. The summed E-state index contributed by atoms with van der Waals surface area (Å²) >= 11 is 0. The first-order valence-corrected chi connectivity index (χ1v) is 7.20. The van der Waals surface area contributed by atoms with E-state index < -0.39 is 0 Å². The normalized spacial score (nSPS) is 9.57. The van der Waals surface area contributed by atoms with Gasteiger partial charge in [-0.1, -0.05) is 38.8 Å². The Morgan fingerprint density at radius 1 is 0.652 bits per heavy atom.